The molecule has 1 aliphatic carbocycles. The summed E-state index contributed by atoms with van der Waals surface area (Å²) in [6, 6.07) is 6.08. The molecule has 0 N–H and O–H groups in total. The van der Waals surface area contributed by atoms with Gasteiger partial charge in [-0.25, -0.2) is 9.97 Å². The van der Waals surface area contributed by atoms with Crippen molar-refractivity contribution in [3.8, 4) is 0 Å². The van der Waals surface area contributed by atoms with Gasteiger partial charge >= 0.3 is 0 Å². The average Bonchev–Trinajstić information content (AvgIpc) is 2.74. The van der Waals surface area contributed by atoms with Crippen LogP contribution in [0.5, 0.6) is 0 Å². The van der Waals surface area contributed by atoms with E-state index in [0.29, 0.717) is 5.91 Å². The fraction of sp³-hybridized carbons (Fsp3) is 0.583. The number of fused-ring (bicyclic) bond motifs is 1. The standard InChI is InChI=1S/C24H31N5O/c1-17-21-11-6-13-28(16-20-10-2-3-12-25-20)23(21)27-22(26-17)19-9-5-14-29(15-19)24(30)18-7-4-8-18/h2-3,10,12,18-19H,4-9,11,13-16H2,1H3/t19-/m0/s1. The molecule has 2 aromatic rings. The van der Waals surface area contributed by atoms with Crippen molar-refractivity contribution in [1.82, 2.24) is 19.9 Å². The lowest BCUT2D eigenvalue weighted by Gasteiger charge is -2.37. The molecule has 1 amide bonds. The summed E-state index contributed by atoms with van der Waals surface area (Å²) in [6.45, 7) is 5.56. The minimum atomic E-state index is 0.241. The predicted octanol–water partition coefficient (Wildman–Crippen LogP) is 3.64. The van der Waals surface area contributed by atoms with Gasteiger partial charge in [-0.2, -0.15) is 0 Å². The number of hydrogen-bond acceptors (Lipinski definition) is 5. The molecule has 0 aromatic carbocycles. The van der Waals surface area contributed by atoms with Gasteiger partial charge in [-0.15, -0.1) is 0 Å². The molecule has 6 heteroatoms. The maximum Gasteiger partial charge on any atom is 0.225 e. The van der Waals surface area contributed by atoms with Crippen LogP contribution in [0.4, 0.5) is 5.82 Å². The number of amides is 1. The number of carbonyl (C=O) groups excluding carboxylic acids is 1. The topological polar surface area (TPSA) is 62.2 Å². The molecule has 2 aromatic heterocycles. The van der Waals surface area contributed by atoms with E-state index in [1.54, 1.807) is 0 Å². The second-order valence-corrected chi connectivity index (χ2v) is 9.07. The van der Waals surface area contributed by atoms with Crippen LogP contribution in [0.3, 0.4) is 0 Å². The van der Waals surface area contributed by atoms with Gasteiger partial charge in [0.25, 0.3) is 0 Å². The molecule has 0 spiro atoms. The molecule has 30 heavy (non-hydrogen) atoms. The number of carbonyl (C=O) groups is 1. The molecule has 0 bridgehead atoms. The normalized spacial score (nSPS) is 21.8. The van der Waals surface area contributed by atoms with Crippen LogP contribution in [0, 0.1) is 12.8 Å². The molecule has 0 radical (unpaired) electrons. The number of aromatic nitrogens is 3. The third-order valence-electron chi connectivity index (χ3n) is 7.00. The fourth-order valence-corrected chi connectivity index (χ4v) is 5.03. The van der Waals surface area contributed by atoms with Crippen molar-refractivity contribution in [1.29, 1.82) is 0 Å². The van der Waals surface area contributed by atoms with Crippen molar-refractivity contribution in [3.63, 3.8) is 0 Å². The number of pyridine rings is 1. The van der Waals surface area contributed by atoms with Crippen LogP contribution >= 0.6 is 0 Å². The minimum Gasteiger partial charge on any atom is -0.350 e. The van der Waals surface area contributed by atoms with E-state index < -0.39 is 0 Å². The Hall–Kier alpha value is -2.50. The monoisotopic (exact) mass is 405 g/mol. The second kappa shape index (κ2) is 8.32. The van der Waals surface area contributed by atoms with E-state index in [-0.39, 0.29) is 11.8 Å². The first-order valence-corrected chi connectivity index (χ1v) is 11.5. The van der Waals surface area contributed by atoms with Gasteiger partial charge in [-0.05, 0) is 57.6 Å². The van der Waals surface area contributed by atoms with E-state index in [2.05, 4.69) is 27.8 Å². The molecule has 2 fully saturated rings. The van der Waals surface area contributed by atoms with E-state index in [9.17, 15) is 4.79 Å². The zero-order valence-corrected chi connectivity index (χ0v) is 17.9. The van der Waals surface area contributed by atoms with Gasteiger partial charge < -0.3 is 9.80 Å². The number of hydrogen-bond donors (Lipinski definition) is 0. The van der Waals surface area contributed by atoms with Crippen molar-refractivity contribution in [2.75, 3.05) is 24.5 Å². The number of piperidine rings is 1. The van der Waals surface area contributed by atoms with Gasteiger partial charge in [0.15, 0.2) is 0 Å². The highest BCUT2D eigenvalue weighted by atomic mass is 16.2. The van der Waals surface area contributed by atoms with Crippen molar-refractivity contribution in [2.45, 2.75) is 64.3 Å². The summed E-state index contributed by atoms with van der Waals surface area (Å²) in [5.41, 5.74) is 3.44. The Kier molecular flexibility index (Phi) is 5.40. The molecule has 3 aliphatic rings. The molecule has 2 aliphatic heterocycles. The zero-order valence-electron chi connectivity index (χ0n) is 17.9. The second-order valence-electron chi connectivity index (χ2n) is 9.07. The Morgan fingerprint density at radius 3 is 2.77 bits per heavy atom. The molecule has 1 saturated carbocycles. The van der Waals surface area contributed by atoms with Gasteiger partial charge in [0.05, 0.1) is 12.2 Å². The SMILES string of the molecule is Cc1nc([C@H]2CCCN(C(=O)C3CCC3)C2)nc2c1CCCN2Cc1ccccn1. The quantitative estimate of drug-likeness (QED) is 0.777. The molecule has 6 nitrogen and oxygen atoms in total. The summed E-state index contributed by atoms with van der Waals surface area (Å²) < 4.78 is 0. The summed E-state index contributed by atoms with van der Waals surface area (Å²) in [4.78, 5) is 31.8. The van der Waals surface area contributed by atoms with Gasteiger partial charge in [-0.3, -0.25) is 9.78 Å². The fourth-order valence-electron chi connectivity index (χ4n) is 5.03. The van der Waals surface area contributed by atoms with Crippen LogP contribution in [0.15, 0.2) is 24.4 Å². The van der Waals surface area contributed by atoms with Crippen LogP contribution in [0.25, 0.3) is 0 Å². The molecule has 158 valence electrons. The predicted molar refractivity (Wildman–Crippen MR) is 116 cm³/mol. The van der Waals surface area contributed by atoms with Gasteiger partial charge in [0.1, 0.15) is 11.6 Å². The van der Waals surface area contributed by atoms with Gasteiger partial charge in [0, 0.05) is 48.9 Å². The highest BCUT2D eigenvalue weighted by molar-refractivity contribution is 5.79. The Morgan fingerprint density at radius 2 is 2.00 bits per heavy atom. The molecule has 4 heterocycles. The third-order valence-corrected chi connectivity index (χ3v) is 7.00. The van der Waals surface area contributed by atoms with Crippen LogP contribution in [-0.4, -0.2) is 45.4 Å². The number of rotatable bonds is 4. The Bertz CT molecular complexity index is 911. The number of anilines is 1. The average molecular weight is 406 g/mol. The molecule has 1 atom stereocenters. The number of aryl methyl sites for hydroxylation is 1. The van der Waals surface area contributed by atoms with Crippen LogP contribution in [-0.2, 0) is 17.8 Å². The highest BCUT2D eigenvalue weighted by Gasteiger charge is 2.34. The summed E-state index contributed by atoms with van der Waals surface area (Å²) in [5, 5.41) is 0. The van der Waals surface area contributed by atoms with Crippen molar-refractivity contribution < 1.29 is 4.79 Å². The Balaban J connectivity index is 1.39. The number of likely N-dealkylation sites (tertiary alicyclic amines) is 1. The van der Waals surface area contributed by atoms with Crippen molar-refractivity contribution >= 4 is 11.7 Å². The Labute approximate surface area is 178 Å². The lowest BCUT2D eigenvalue weighted by molar-refractivity contribution is -0.139. The smallest absolute Gasteiger partial charge is 0.225 e. The van der Waals surface area contributed by atoms with Crippen LogP contribution in [0.1, 0.15) is 67.2 Å². The number of nitrogens with zero attached hydrogens (tertiary/aromatic N) is 5. The van der Waals surface area contributed by atoms with Crippen molar-refractivity contribution in [3.05, 3.63) is 47.2 Å². The van der Waals surface area contributed by atoms with E-state index in [1.165, 1.54) is 12.0 Å². The van der Waals surface area contributed by atoms with E-state index in [1.807, 2.05) is 18.3 Å². The highest BCUT2D eigenvalue weighted by Crippen LogP contribution is 2.34. The van der Waals surface area contributed by atoms with Crippen LogP contribution in [0.2, 0.25) is 0 Å². The van der Waals surface area contributed by atoms with Gasteiger partial charge in [-0.1, -0.05) is 12.5 Å². The lowest BCUT2D eigenvalue weighted by atomic mass is 9.83. The molecule has 5 rings (SSSR count). The van der Waals surface area contributed by atoms with E-state index in [4.69, 9.17) is 9.97 Å². The summed E-state index contributed by atoms with van der Waals surface area (Å²) >= 11 is 0. The summed E-state index contributed by atoms with van der Waals surface area (Å²) in [7, 11) is 0. The van der Waals surface area contributed by atoms with Crippen LogP contribution < -0.4 is 4.90 Å². The molecule has 0 unspecified atom stereocenters. The Morgan fingerprint density at radius 1 is 1.10 bits per heavy atom. The van der Waals surface area contributed by atoms with E-state index in [0.717, 1.165) is 87.7 Å². The largest absolute Gasteiger partial charge is 0.350 e. The maximum absolute atomic E-state index is 12.8. The zero-order chi connectivity index (χ0) is 20.5. The third kappa shape index (κ3) is 3.80. The summed E-state index contributed by atoms with van der Waals surface area (Å²) in [5.74, 6) is 2.87. The summed E-state index contributed by atoms with van der Waals surface area (Å²) in [6.07, 6.45) is 9.45. The van der Waals surface area contributed by atoms with E-state index >= 15 is 0 Å². The lowest BCUT2D eigenvalue weighted by Crippen LogP contribution is -2.44. The van der Waals surface area contributed by atoms with Gasteiger partial charge in [0.2, 0.25) is 5.91 Å². The minimum absolute atomic E-state index is 0.241. The first-order chi connectivity index (χ1) is 14.7. The first kappa shape index (κ1) is 19.5. The molecular weight excluding hydrogens is 374 g/mol. The van der Waals surface area contributed by atoms with Crippen molar-refractivity contribution in [2.24, 2.45) is 5.92 Å². The maximum atomic E-state index is 12.8. The molecule has 1 saturated heterocycles. The molecular formula is C24H31N5O. The first-order valence-electron chi connectivity index (χ1n) is 11.5.